The topological polar surface area (TPSA) is 123 Å². The van der Waals surface area contributed by atoms with E-state index in [2.05, 4.69) is 9.97 Å². The van der Waals surface area contributed by atoms with Crippen LogP contribution in [-0.4, -0.2) is 55.2 Å². The van der Waals surface area contributed by atoms with Crippen LogP contribution in [0.1, 0.15) is 17.2 Å². The second kappa shape index (κ2) is 9.81. The molecule has 3 aromatic carbocycles. The lowest BCUT2D eigenvalue weighted by molar-refractivity contribution is -0.132. The minimum Gasteiger partial charge on any atom is -0.506 e. The summed E-state index contributed by atoms with van der Waals surface area (Å²) in [5, 5.41) is 11.6. The number of ketones is 1. The number of carbonyl (C=O) groups excluding carboxylic acids is 2. The first-order valence-electron chi connectivity index (χ1n) is 11.6. The molecule has 1 fully saturated rings. The number of fused-ring (bicyclic) bond motifs is 1. The van der Waals surface area contributed by atoms with E-state index in [4.69, 9.17) is 18.9 Å². The molecule has 0 saturated carbocycles. The molecule has 5 rings (SSSR count). The van der Waals surface area contributed by atoms with E-state index in [0.29, 0.717) is 28.1 Å². The monoisotopic (exact) mass is 515 g/mol. The molecule has 1 unspecified atom stereocenters. The van der Waals surface area contributed by atoms with Gasteiger partial charge in [-0.3, -0.25) is 14.5 Å². The highest BCUT2D eigenvalue weighted by Crippen LogP contribution is 2.46. The van der Waals surface area contributed by atoms with Gasteiger partial charge >= 0.3 is 5.91 Å². The van der Waals surface area contributed by atoms with Crippen molar-refractivity contribution in [2.75, 3.05) is 33.3 Å². The van der Waals surface area contributed by atoms with Gasteiger partial charge in [-0.1, -0.05) is 24.3 Å². The van der Waals surface area contributed by atoms with Crippen LogP contribution < -0.4 is 23.8 Å². The summed E-state index contributed by atoms with van der Waals surface area (Å²) in [5.41, 5.74) is 1.76. The van der Waals surface area contributed by atoms with Gasteiger partial charge in [0.2, 0.25) is 5.95 Å². The van der Waals surface area contributed by atoms with E-state index in [-0.39, 0.29) is 28.6 Å². The van der Waals surface area contributed by atoms with E-state index in [1.807, 2.05) is 18.2 Å². The summed E-state index contributed by atoms with van der Waals surface area (Å²) in [6, 6.07) is 16.1. The number of hydrogen-bond donors (Lipinski definition) is 2. The molecule has 0 spiro atoms. The van der Waals surface area contributed by atoms with E-state index in [9.17, 15) is 14.7 Å². The fourth-order valence-electron chi connectivity index (χ4n) is 4.66. The van der Waals surface area contributed by atoms with Crippen LogP contribution in [0.5, 0.6) is 23.0 Å². The summed E-state index contributed by atoms with van der Waals surface area (Å²) < 4.78 is 21.7. The lowest BCUT2D eigenvalue weighted by atomic mass is 9.94. The number of nitrogens with one attached hydrogen (secondary N) is 1. The second-order valence-corrected chi connectivity index (χ2v) is 8.40. The smallest absolute Gasteiger partial charge is 0.302 e. The number of nitrogens with zero attached hydrogens (tertiary/aromatic N) is 2. The summed E-state index contributed by atoms with van der Waals surface area (Å²) in [4.78, 5) is 36.0. The van der Waals surface area contributed by atoms with Crippen molar-refractivity contribution in [3.8, 4) is 23.0 Å². The first kappa shape index (κ1) is 24.7. The Kier molecular flexibility index (Phi) is 6.38. The third kappa shape index (κ3) is 3.86. The molecule has 1 aliphatic heterocycles. The average Bonchev–Trinajstić information content (AvgIpc) is 3.49. The molecule has 1 aromatic heterocycles. The summed E-state index contributed by atoms with van der Waals surface area (Å²) in [7, 11) is 5.86. The fraction of sp³-hybridized carbons (Fsp3) is 0.179. The summed E-state index contributed by atoms with van der Waals surface area (Å²) >= 11 is 0. The first-order chi connectivity index (χ1) is 18.4. The van der Waals surface area contributed by atoms with Gasteiger partial charge < -0.3 is 29.0 Å². The van der Waals surface area contributed by atoms with Crippen molar-refractivity contribution in [3.05, 3.63) is 77.4 Å². The van der Waals surface area contributed by atoms with Gasteiger partial charge in [-0.15, -0.1) is 0 Å². The minimum atomic E-state index is -1.06. The van der Waals surface area contributed by atoms with Crippen molar-refractivity contribution in [2.45, 2.75) is 6.04 Å². The Hall–Kier alpha value is -4.99. The average molecular weight is 516 g/mol. The highest BCUT2D eigenvalue weighted by Gasteiger charge is 2.49. The number of aliphatic hydroxyl groups is 1. The van der Waals surface area contributed by atoms with Crippen molar-refractivity contribution < 1.29 is 33.6 Å². The number of methoxy groups -OCH3 is 4. The van der Waals surface area contributed by atoms with Crippen molar-refractivity contribution in [1.29, 1.82) is 0 Å². The zero-order chi connectivity index (χ0) is 27.0. The number of amides is 1. The molecule has 0 radical (unpaired) electrons. The Morgan fingerprint density at radius 3 is 2.13 bits per heavy atom. The number of aromatic nitrogens is 2. The van der Waals surface area contributed by atoms with Crippen LogP contribution in [0.25, 0.3) is 16.8 Å². The van der Waals surface area contributed by atoms with Crippen molar-refractivity contribution in [2.24, 2.45) is 0 Å². The molecule has 0 bridgehead atoms. The summed E-state index contributed by atoms with van der Waals surface area (Å²) in [6.45, 7) is 0. The molecular weight excluding hydrogens is 490 g/mol. The van der Waals surface area contributed by atoms with Crippen LogP contribution in [-0.2, 0) is 9.59 Å². The first-order valence-corrected chi connectivity index (χ1v) is 11.6. The van der Waals surface area contributed by atoms with Crippen LogP contribution in [0.15, 0.2) is 66.2 Å². The van der Waals surface area contributed by atoms with Crippen molar-refractivity contribution in [3.63, 3.8) is 0 Å². The van der Waals surface area contributed by atoms with Crippen LogP contribution in [0.4, 0.5) is 5.95 Å². The predicted octanol–water partition coefficient (Wildman–Crippen LogP) is 4.22. The Morgan fingerprint density at radius 1 is 0.842 bits per heavy atom. The third-order valence-electron chi connectivity index (χ3n) is 6.44. The quantitative estimate of drug-likeness (QED) is 0.213. The molecule has 2 N–H and O–H groups in total. The lowest BCUT2D eigenvalue weighted by Crippen LogP contribution is -2.30. The van der Waals surface area contributed by atoms with Gasteiger partial charge in [-0.25, -0.2) is 4.98 Å². The summed E-state index contributed by atoms with van der Waals surface area (Å²) in [5.74, 6) is -0.672. The molecule has 1 saturated heterocycles. The van der Waals surface area contributed by atoms with Gasteiger partial charge in [0.25, 0.3) is 5.78 Å². The zero-order valence-electron chi connectivity index (χ0n) is 21.1. The number of H-pyrrole nitrogens is 1. The van der Waals surface area contributed by atoms with Crippen LogP contribution >= 0.6 is 0 Å². The maximum Gasteiger partial charge on any atom is 0.302 e. The third-order valence-corrected chi connectivity index (χ3v) is 6.44. The highest BCUT2D eigenvalue weighted by atomic mass is 16.5. The Bertz CT molecular complexity index is 1540. The van der Waals surface area contributed by atoms with Gasteiger partial charge in [-0.05, 0) is 42.0 Å². The number of Topliss-reactive ketones (excluding diaryl/α,β-unsaturated/α-hetero) is 1. The number of imidazole rings is 1. The molecule has 1 amide bonds. The van der Waals surface area contributed by atoms with E-state index in [1.54, 1.807) is 42.5 Å². The standard InChI is InChI=1S/C28H25N3O7/c1-35-18-13-12-15(14-21(18)38-4)24-23(25(32)22-19(36-2)10-7-11-20(22)37-3)26(33)27(34)31(24)28-29-16-8-5-6-9-17(16)30-28/h5-14,24,32H,1-4H3,(H,29,30)/b25-23+. The molecule has 1 aliphatic rings. The molecule has 10 nitrogen and oxygen atoms in total. The normalized spacial score (nSPS) is 16.6. The number of hydrogen-bond acceptors (Lipinski definition) is 8. The van der Waals surface area contributed by atoms with Gasteiger partial charge in [0.15, 0.2) is 11.5 Å². The molecule has 2 heterocycles. The van der Waals surface area contributed by atoms with E-state index in [0.717, 1.165) is 0 Å². The van der Waals surface area contributed by atoms with E-state index in [1.165, 1.54) is 33.3 Å². The van der Waals surface area contributed by atoms with Gasteiger partial charge in [0, 0.05) is 0 Å². The maximum atomic E-state index is 13.6. The summed E-state index contributed by atoms with van der Waals surface area (Å²) in [6.07, 6.45) is 0. The van der Waals surface area contributed by atoms with E-state index < -0.39 is 23.5 Å². The number of ether oxygens (including phenoxy) is 4. The minimum absolute atomic E-state index is 0.144. The molecule has 1 atom stereocenters. The number of carbonyl (C=O) groups is 2. The molecule has 4 aromatic rings. The number of aromatic amines is 1. The lowest BCUT2D eigenvalue weighted by Gasteiger charge is -2.24. The van der Waals surface area contributed by atoms with Gasteiger partial charge in [-0.2, -0.15) is 0 Å². The second-order valence-electron chi connectivity index (χ2n) is 8.40. The van der Waals surface area contributed by atoms with Gasteiger partial charge in [0.05, 0.1) is 51.1 Å². The number of para-hydroxylation sites is 2. The number of rotatable bonds is 7. The van der Waals surface area contributed by atoms with Crippen LogP contribution in [0.3, 0.4) is 0 Å². The Morgan fingerprint density at radius 2 is 1.50 bits per heavy atom. The Labute approximate surface area is 218 Å². The Balaban J connectivity index is 1.80. The molecule has 38 heavy (non-hydrogen) atoms. The SMILES string of the molecule is COc1ccc(C2/C(=C(\O)c3c(OC)cccc3OC)C(=O)C(=O)N2c2nc3ccccc3[nH]2)cc1OC. The number of aliphatic hydroxyl groups excluding tert-OH is 1. The largest absolute Gasteiger partial charge is 0.506 e. The zero-order valence-corrected chi connectivity index (χ0v) is 21.1. The molecule has 0 aliphatic carbocycles. The molecule has 194 valence electrons. The fourth-order valence-corrected chi connectivity index (χ4v) is 4.66. The van der Waals surface area contributed by atoms with Crippen LogP contribution in [0.2, 0.25) is 0 Å². The number of benzene rings is 3. The van der Waals surface area contributed by atoms with Crippen molar-refractivity contribution >= 4 is 34.4 Å². The van der Waals surface area contributed by atoms with Gasteiger partial charge in [0.1, 0.15) is 22.8 Å². The predicted molar refractivity (Wildman–Crippen MR) is 140 cm³/mol. The molecule has 10 heteroatoms. The molecular formula is C28H25N3O7. The van der Waals surface area contributed by atoms with Crippen LogP contribution in [0, 0.1) is 0 Å². The highest BCUT2D eigenvalue weighted by molar-refractivity contribution is 6.51. The van der Waals surface area contributed by atoms with E-state index >= 15 is 0 Å². The number of anilines is 1. The van der Waals surface area contributed by atoms with Crippen molar-refractivity contribution in [1.82, 2.24) is 9.97 Å². The maximum absolute atomic E-state index is 13.6.